The standard InChI is InChI=1S/C18H25IN2/c1-2-3-11-18(14-19)16-10-6-5-9-15(16)17(20-18)21-12-7-4-8-13-21/h5-6,9-10H,2-4,7-8,11-14H2,1H3. The molecule has 2 heterocycles. The maximum Gasteiger partial charge on any atom is 0.132 e. The number of hydrogen-bond acceptors (Lipinski definition) is 2. The zero-order chi connectivity index (χ0) is 14.7. The van der Waals surface area contributed by atoms with E-state index in [1.807, 2.05) is 0 Å². The fourth-order valence-electron chi connectivity index (χ4n) is 3.58. The topological polar surface area (TPSA) is 15.6 Å². The Morgan fingerprint density at radius 2 is 1.95 bits per heavy atom. The van der Waals surface area contributed by atoms with Crippen LogP contribution in [0.4, 0.5) is 0 Å². The number of halogens is 1. The Morgan fingerprint density at radius 1 is 1.19 bits per heavy atom. The molecule has 2 aliphatic heterocycles. The fraction of sp³-hybridized carbons (Fsp3) is 0.611. The van der Waals surface area contributed by atoms with Crippen molar-refractivity contribution in [3.05, 3.63) is 35.4 Å². The lowest BCUT2D eigenvalue weighted by atomic mass is 9.87. The third-order valence-electron chi connectivity index (χ3n) is 4.81. The number of fused-ring (bicyclic) bond motifs is 1. The Kier molecular flexibility index (Phi) is 4.87. The van der Waals surface area contributed by atoms with Gasteiger partial charge in [0.15, 0.2) is 0 Å². The molecule has 1 fully saturated rings. The van der Waals surface area contributed by atoms with E-state index in [2.05, 4.69) is 58.7 Å². The van der Waals surface area contributed by atoms with E-state index in [1.165, 1.54) is 68.6 Å². The van der Waals surface area contributed by atoms with Crippen LogP contribution < -0.4 is 0 Å². The molecular weight excluding hydrogens is 371 g/mol. The number of alkyl halides is 1. The summed E-state index contributed by atoms with van der Waals surface area (Å²) in [5, 5.41) is 0. The molecule has 0 N–H and O–H groups in total. The molecule has 3 heteroatoms. The quantitative estimate of drug-likeness (QED) is 0.530. The molecule has 21 heavy (non-hydrogen) atoms. The van der Waals surface area contributed by atoms with Crippen molar-refractivity contribution in [2.45, 2.75) is 51.0 Å². The second kappa shape index (κ2) is 6.67. The first-order chi connectivity index (χ1) is 10.3. The molecule has 0 aromatic heterocycles. The number of likely N-dealkylation sites (tertiary alicyclic amines) is 1. The fourth-order valence-corrected chi connectivity index (χ4v) is 4.55. The lowest BCUT2D eigenvalue weighted by molar-refractivity contribution is 0.339. The normalized spacial score (nSPS) is 24.9. The number of benzene rings is 1. The Balaban J connectivity index is 1.99. The van der Waals surface area contributed by atoms with Crippen LogP contribution >= 0.6 is 22.6 Å². The van der Waals surface area contributed by atoms with Crippen molar-refractivity contribution in [3.63, 3.8) is 0 Å². The number of unbranched alkanes of at least 4 members (excludes halogenated alkanes) is 1. The van der Waals surface area contributed by atoms with Gasteiger partial charge in [0, 0.05) is 23.1 Å². The molecule has 0 radical (unpaired) electrons. The molecule has 0 bridgehead atoms. The maximum atomic E-state index is 5.30. The van der Waals surface area contributed by atoms with Gasteiger partial charge in [-0.15, -0.1) is 0 Å². The van der Waals surface area contributed by atoms with Gasteiger partial charge >= 0.3 is 0 Å². The van der Waals surface area contributed by atoms with Crippen molar-refractivity contribution in [3.8, 4) is 0 Å². The van der Waals surface area contributed by atoms with Gasteiger partial charge in [0.25, 0.3) is 0 Å². The molecule has 1 saturated heterocycles. The molecule has 0 spiro atoms. The third kappa shape index (κ3) is 2.86. The lowest BCUT2D eigenvalue weighted by Crippen LogP contribution is -2.35. The minimum atomic E-state index is 0.0277. The van der Waals surface area contributed by atoms with Gasteiger partial charge in [-0.25, -0.2) is 0 Å². The van der Waals surface area contributed by atoms with Crippen LogP contribution in [0, 0.1) is 0 Å². The number of hydrogen-bond donors (Lipinski definition) is 0. The molecule has 1 aromatic rings. The van der Waals surface area contributed by atoms with E-state index in [0.717, 1.165) is 4.43 Å². The lowest BCUT2D eigenvalue weighted by Gasteiger charge is -2.29. The van der Waals surface area contributed by atoms with Gasteiger partial charge in [-0.05, 0) is 31.2 Å². The van der Waals surface area contributed by atoms with E-state index in [-0.39, 0.29) is 5.54 Å². The molecule has 1 unspecified atom stereocenters. The number of piperidine rings is 1. The Labute approximate surface area is 142 Å². The summed E-state index contributed by atoms with van der Waals surface area (Å²) in [6, 6.07) is 8.94. The molecule has 0 amide bonds. The van der Waals surface area contributed by atoms with E-state index >= 15 is 0 Å². The van der Waals surface area contributed by atoms with Crippen LogP contribution in [0.3, 0.4) is 0 Å². The first-order valence-corrected chi connectivity index (χ1v) is 9.84. The largest absolute Gasteiger partial charge is 0.356 e. The van der Waals surface area contributed by atoms with Gasteiger partial charge in [-0.1, -0.05) is 66.6 Å². The van der Waals surface area contributed by atoms with Crippen LogP contribution in [0.5, 0.6) is 0 Å². The monoisotopic (exact) mass is 396 g/mol. The molecule has 3 rings (SSSR count). The van der Waals surface area contributed by atoms with E-state index in [1.54, 1.807) is 0 Å². The summed E-state index contributed by atoms with van der Waals surface area (Å²) in [5.74, 6) is 1.28. The number of nitrogens with zero attached hydrogens (tertiary/aromatic N) is 2. The van der Waals surface area contributed by atoms with E-state index in [4.69, 9.17) is 4.99 Å². The van der Waals surface area contributed by atoms with Gasteiger partial charge in [0.05, 0.1) is 5.54 Å². The summed E-state index contributed by atoms with van der Waals surface area (Å²) in [4.78, 5) is 7.83. The first-order valence-electron chi connectivity index (χ1n) is 8.31. The Hall–Kier alpha value is -0.580. The van der Waals surface area contributed by atoms with Crippen LogP contribution in [-0.2, 0) is 5.54 Å². The Bertz CT molecular complexity index is 520. The van der Waals surface area contributed by atoms with Crippen LogP contribution in [0.2, 0.25) is 0 Å². The van der Waals surface area contributed by atoms with Crippen molar-refractivity contribution in [2.24, 2.45) is 4.99 Å². The molecular formula is C18H25IN2. The van der Waals surface area contributed by atoms with Crippen molar-refractivity contribution in [2.75, 3.05) is 17.5 Å². The average Bonchev–Trinajstić information content (AvgIpc) is 2.89. The second-order valence-electron chi connectivity index (χ2n) is 6.30. The number of amidine groups is 1. The van der Waals surface area contributed by atoms with E-state index in [9.17, 15) is 0 Å². The third-order valence-corrected chi connectivity index (χ3v) is 6.07. The minimum Gasteiger partial charge on any atom is -0.356 e. The second-order valence-corrected chi connectivity index (χ2v) is 7.06. The first kappa shape index (κ1) is 15.3. The van der Waals surface area contributed by atoms with Crippen molar-refractivity contribution in [1.29, 1.82) is 0 Å². The number of rotatable bonds is 4. The summed E-state index contributed by atoms with van der Waals surface area (Å²) in [5.41, 5.74) is 2.89. The summed E-state index contributed by atoms with van der Waals surface area (Å²) < 4.78 is 1.08. The van der Waals surface area contributed by atoms with Crippen molar-refractivity contribution < 1.29 is 0 Å². The van der Waals surface area contributed by atoms with E-state index in [0.29, 0.717) is 0 Å². The highest BCUT2D eigenvalue weighted by Crippen LogP contribution is 2.42. The van der Waals surface area contributed by atoms with Crippen LogP contribution in [0.25, 0.3) is 0 Å². The Morgan fingerprint density at radius 3 is 2.67 bits per heavy atom. The highest BCUT2D eigenvalue weighted by atomic mass is 127. The highest BCUT2D eigenvalue weighted by molar-refractivity contribution is 14.1. The SMILES string of the molecule is CCCCC1(CI)N=C(N2CCCCC2)c2ccccc21. The smallest absolute Gasteiger partial charge is 0.132 e. The predicted octanol–water partition coefficient (Wildman–Crippen LogP) is 4.75. The molecule has 2 aliphatic rings. The van der Waals surface area contributed by atoms with Gasteiger partial charge in [-0.2, -0.15) is 0 Å². The zero-order valence-corrected chi connectivity index (χ0v) is 15.1. The molecule has 2 nitrogen and oxygen atoms in total. The maximum absolute atomic E-state index is 5.30. The van der Waals surface area contributed by atoms with Crippen LogP contribution in [0.1, 0.15) is 56.6 Å². The highest BCUT2D eigenvalue weighted by Gasteiger charge is 2.40. The molecule has 1 aromatic carbocycles. The molecule has 1 atom stereocenters. The van der Waals surface area contributed by atoms with Crippen LogP contribution in [-0.4, -0.2) is 28.3 Å². The van der Waals surface area contributed by atoms with E-state index < -0.39 is 0 Å². The summed E-state index contributed by atoms with van der Waals surface area (Å²) in [6.45, 7) is 4.63. The predicted molar refractivity (Wildman–Crippen MR) is 98.5 cm³/mol. The molecule has 0 saturated carbocycles. The van der Waals surface area contributed by atoms with Gasteiger partial charge in [0.1, 0.15) is 5.84 Å². The minimum absolute atomic E-state index is 0.0277. The summed E-state index contributed by atoms with van der Waals surface area (Å²) in [7, 11) is 0. The van der Waals surface area contributed by atoms with Gasteiger partial charge < -0.3 is 4.90 Å². The van der Waals surface area contributed by atoms with Gasteiger partial charge in [-0.3, -0.25) is 4.99 Å². The summed E-state index contributed by atoms with van der Waals surface area (Å²) in [6.07, 6.45) is 7.68. The van der Waals surface area contributed by atoms with Crippen molar-refractivity contribution in [1.82, 2.24) is 4.90 Å². The summed E-state index contributed by atoms with van der Waals surface area (Å²) >= 11 is 2.53. The van der Waals surface area contributed by atoms with Crippen molar-refractivity contribution >= 4 is 28.4 Å². The molecule has 114 valence electrons. The molecule has 0 aliphatic carbocycles. The zero-order valence-electron chi connectivity index (χ0n) is 12.9. The van der Waals surface area contributed by atoms with Gasteiger partial charge in [0.2, 0.25) is 0 Å². The average molecular weight is 396 g/mol. The number of aliphatic imine (C=N–C) groups is 1. The van der Waals surface area contributed by atoms with Crippen LogP contribution in [0.15, 0.2) is 29.3 Å².